The van der Waals surface area contributed by atoms with Crippen molar-refractivity contribution >= 4 is 46.1 Å². The summed E-state index contributed by atoms with van der Waals surface area (Å²) in [4.78, 5) is 74.3. The van der Waals surface area contributed by atoms with Crippen LogP contribution in [0.25, 0.3) is 10.9 Å². The molecule has 0 aliphatic carbocycles. The molecule has 4 bridgehead atoms. The topological polar surface area (TPSA) is 159 Å². The molecule has 1 spiro atoms. The molecular formula is C40H43N7O5. The minimum absolute atomic E-state index is 0.0177. The van der Waals surface area contributed by atoms with Crippen LogP contribution >= 0.6 is 0 Å². The van der Waals surface area contributed by atoms with E-state index in [-0.39, 0.29) is 30.6 Å². The van der Waals surface area contributed by atoms with Crippen LogP contribution in [0.5, 0.6) is 0 Å². The molecule has 4 aromatic rings. The first-order chi connectivity index (χ1) is 25.0. The van der Waals surface area contributed by atoms with Crippen LogP contribution in [0.2, 0.25) is 0 Å². The summed E-state index contributed by atoms with van der Waals surface area (Å²) < 4.78 is 2.14. The van der Waals surface area contributed by atoms with Crippen LogP contribution in [-0.4, -0.2) is 75.4 Å². The van der Waals surface area contributed by atoms with Crippen LogP contribution in [0.1, 0.15) is 50.3 Å². The van der Waals surface area contributed by atoms with Crippen LogP contribution < -0.4 is 26.6 Å². The fraction of sp³-hybridized carbons (Fsp3) is 0.375. The van der Waals surface area contributed by atoms with Crippen LogP contribution in [0.15, 0.2) is 85.1 Å². The number of carbonyl (C=O) groups is 5. The van der Waals surface area contributed by atoms with Crippen molar-refractivity contribution in [2.24, 2.45) is 11.7 Å². The van der Waals surface area contributed by atoms with E-state index in [1.54, 1.807) is 16.7 Å². The van der Waals surface area contributed by atoms with E-state index in [1.165, 1.54) is 0 Å². The molecule has 0 radical (unpaired) electrons. The van der Waals surface area contributed by atoms with E-state index in [0.29, 0.717) is 18.5 Å². The Kier molecular flexibility index (Phi) is 8.17. The highest BCUT2D eigenvalue weighted by Crippen LogP contribution is 2.57. The van der Waals surface area contributed by atoms with E-state index < -0.39 is 59.6 Å². The summed E-state index contributed by atoms with van der Waals surface area (Å²) in [6.45, 7) is 5.43. The molecule has 1 aromatic heterocycles. The molecule has 5 amide bonds. The minimum Gasteiger partial charge on any atom is -0.343 e. The molecule has 52 heavy (non-hydrogen) atoms. The molecule has 5 N–H and O–H groups in total. The average molecular weight is 702 g/mol. The highest BCUT2D eigenvalue weighted by molar-refractivity contribution is 6.08. The Balaban J connectivity index is 1.36. The summed E-state index contributed by atoms with van der Waals surface area (Å²) in [6.07, 6.45) is 2.16. The second-order valence-electron chi connectivity index (χ2n) is 15.0. The van der Waals surface area contributed by atoms with E-state index in [0.717, 1.165) is 27.6 Å². The third kappa shape index (κ3) is 5.18. The van der Waals surface area contributed by atoms with Gasteiger partial charge >= 0.3 is 0 Å². The van der Waals surface area contributed by atoms with Crippen molar-refractivity contribution in [3.8, 4) is 0 Å². The Labute approximate surface area is 301 Å². The number of anilines is 1. The van der Waals surface area contributed by atoms with Crippen LogP contribution in [0, 0.1) is 5.92 Å². The van der Waals surface area contributed by atoms with Gasteiger partial charge in [0.2, 0.25) is 23.6 Å². The number of amides is 5. The average Bonchev–Trinajstić information content (AvgIpc) is 3.74. The molecule has 0 saturated carbocycles. The van der Waals surface area contributed by atoms with Gasteiger partial charge in [0.05, 0.1) is 11.7 Å². The van der Waals surface area contributed by atoms with Crippen LogP contribution in [0.4, 0.5) is 5.69 Å². The SMILES string of the molecule is CC(C)CC1NC(=O)[C@H](C)NC(=O)[C@@H](N)Cc2cn(c3ccccc23)[C@]23C[C@H](NC1=O)C(=O)N1[C@@H](Cc4ccccc4)C(=O)N(c4ccccc42)[C@@H]13. The predicted molar refractivity (Wildman–Crippen MR) is 195 cm³/mol. The number of piperidine rings is 1. The molecule has 3 aromatic carbocycles. The minimum atomic E-state index is -1.05. The molecule has 4 aliphatic heterocycles. The zero-order valence-electron chi connectivity index (χ0n) is 29.4. The largest absolute Gasteiger partial charge is 0.343 e. The highest BCUT2D eigenvalue weighted by Gasteiger charge is 2.68. The maximum atomic E-state index is 14.9. The number of hydrogen-bond donors (Lipinski definition) is 4. The number of aromatic nitrogens is 1. The van der Waals surface area contributed by atoms with Crippen LogP contribution in [-0.2, 0) is 42.4 Å². The maximum Gasteiger partial charge on any atom is 0.252 e. The summed E-state index contributed by atoms with van der Waals surface area (Å²) in [5.74, 6) is -2.07. The lowest BCUT2D eigenvalue weighted by Crippen LogP contribution is -2.68. The van der Waals surface area contributed by atoms with Gasteiger partial charge in [-0.3, -0.25) is 28.9 Å². The van der Waals surface area contributed by atoms with Gasteiger partial charge in [0.15, 0.2) is 0 Å². The number of nitrogens with zero attached hydrogens (tertiary/aromatic N) is 3. The summed E-state index contributed by atoms with van der Waals surface area (Å²) in [7, 11) is 0. The summed E-state index contributed by atoms with van der Waals surface area (Å²) in [6, 6.07) is 20.4. The van der Waals surface area contributed by atoms with Crippen molar-refractivity contribution in [3.05, 3.63) is 102 Å². The lowest BCUT2D eigenvalue weighted by atomic mass is 9.78. The van der Waals surface area contributed by atoms with Crippen molar-refractivity contribution in [2.45, 2.75) is 88.4 Å². The van der Waals surface area contributed by atoms with Crippen molar-refractivity contribution < 1.29 is 24.0 Å². The Morgan fingerprint density at radius 3 is 2.31 bits per heavy atom. The van der Waals surface area contributed by atoms with Gasteiger partial charge in [-0.25, -0.2) is 0 Å². The number of benzene rings is 3. The van der Waals surface area contributed by atoms with Gasteiger partial charge < -0.3 is 31.2 Å². The Bertz CT molecular complexity index is 2110. The number of carbonyl (C=O) groups excluding carboxylic acids is 5. The number of rotatable bonds is 4. The molecule has 2 saturated heterocycles. The maximum absolute atomic E-state index is 14.9. The van der Waals surface area contributed by atoms with E-state index in [4.69, 9.17) is 5.73 Å². The molecule has 12 nitrogen and oxygen atoms in total. The van der Waals surface area contributed by atoms with E-state index in [2.05, 4.69) is 20.5 Å². The van der Waals surface area contributed by atoms with Crippen molar-refractivity contribution in [1.82, 2.24) is 25.4 Å². The zero-order valence-corrected chi connectivity index (χ0v) is 29.4. The molecule has 1 unspecified atom stereocenters. The normalized spacial score (nSPS) is 28.8. The Hall–Kier alpha value is -5.49. The van der Waals surface area contributed by atoms with Crippen molar-refractivity contribution in [1.29, 1.82) is 0 Å². The summed E-state index contributed by atoms with van der Waals surface area (Å²) in [5.41, 5.74) is 9.60. The fourth-order valence-electron chi connectivity index (χ4n) is 8.86. The van der Waals surface area contributed by atoms with Gasteiger partial charge in [-0.05, 0) is 48.9 Å². The fourth-order valence-corrected chi connectivity index (χ4v) is 8.86. The van der Waals surface area contributed by atoms with Crippen molar-refractivity contribution in [2.75, 3.05) is 4.90 Å². The lowest BCUT2D eigenvalue weighted by molar-refractivity contribution is -0.147. The molecule has 4 aliphatic rings. The molecule has 7 atom stereocenters. The predicted octanol–water partition coefficient (Wildman–Crippen LogP) is 2.32. The summed E-state index contributed by atoms with van der Waals surface area (Å²) in [5, 5.41) is 9.48. The third-order valence-corrected chi connectivity index (χ3v) is 11.2. The van der Waals surface area contributed by atoms with Gasteiger partial charge in [-0.2, -0.15) is 0 Å². The Morgan fingerprint density at radius 1 is 0.827 bits per heavy atom. The summed E-state index contributed by atoms with van der Waals surface area (Å²) >= 11 is 0. The Morgan fingerprint density at radius 2 is 1.54 bits per heavy atom. The van der Waals surface area contributed by atoms with Gasteiger partial charge in [0.25, 0.3) is 5.91 Å². The zero-order chi connectivity index (χ0) is 36.5. The second kappa shape index (κ2) is 12.6. The first kappa shape index (κ1) is 33.6. The first-order valence-electron chi connectivity index (χ1n) is 18.0. The lowest BCUT2D eigenvalue weighted by Gasteiger charge is -2.49. The number of para-hydroxylation sites is 2. The van der Waals surface area contributed by atoms with Crippen LogP contribution in [0.3, 0.4) is 0 Å². The van der Waals surface area contributed by atoms with Gasteiger partial charge in [0.1, 0.15) is 35.9 Å². The molecule has 2 fully saturated rings. The van der Waals surface area contributed by atoms with Gasteiger partial charge in [-0.1, -0.05) is 80.6 Å². The standard InChI is InChI=1S/C40H43N7O5/c1-22(2)17-29-36(50)44-30-20-40(45-21-25(26-13-7-9-15-31(26)45)19-28(41)35(49)42-23(3)34(48)43-29)27-14-8-10-16-32(27)46-38(52)33(47(37(30)51)39(40)46)18-24-11-5-4-6-12-24/h4-16,21-23,28-30,33,39H,17-20,41H2,1-3H3,(H,42,49)(H,43,48)(H,44,50)/t23-,28-,29?,30-,33-,39-,40+/m0/s1. The van der Waals surface area contributed by atoms with Gasteiger partial charge in [0, 0.05) is 35.5 Å². The molecular weight excluding hydrogens is 658 g/mol. The number of nitrogens with two attached hydrogens (primary N) is 1. The first-order valence-corrected chi connectivity index (χ1v) is 18.0. The smallest absolute Gasteiger partial charge is 0.252 e. The van der Waals surface area contributed by atoms with E-state index in [9.17, 15) is 24.0 Å². The number of hydrogen-bond acceptors (Lipinski definition) is 6. The monoisotopic (exact) mass is 701 g/mol. The highest BCUT2D eigenvalue weighted by atomic mass is 16.2. The number of nitrogens with one attached hydrogen (secondary N) is 3. The molecule has 8 rings (SSSR count). The number of fused-ring (bicyclic) bond motifs is 8. The molecule has 268 valence electrons. The second-order valence-corrected chi connectivity index (χ2v) is 15.0. The molecule has 12 heteroatoms. The van der Waals surface area contributed by atoms with E-state index >= 15 is 0 Å². The van der Waals surface area contributed by atoms with E-state index in [1.807, 2.05) is 98.9 Å². The molecule has 5 heterocycles. The van der Waals surface area contributed by atoms with Crippen molar-refractivity contribution in [3.63, 3.8) is 0 Å². The van der Waals surface area contributed by atoms with Gasteiger partial charge in [-0.15, -0.1) is 0 Å². The quantitative estimate of drug-likeness (QED) is 0.256. The third-order valence-electron chi connectivity index (χ3n) is 11.2.